The summed E-state index contributed by atoms with van der Waals surface area (Å²) in [6.45, 7) is 2.12. The topological polar surface area (TPSA) is 46.5 Å². The van der Waals surface area contributed by atoms with Gasteiger partial charge in [-0.1, -0.05) is 0 Å². The zero-order valence-electron chi connectivity index (χ0n) is 7.25. The summed E-state index contributed by atoms with van der Waals surface area (Å²) in [5.41, 5.74) is -1.12. The van der Waals surface area contributed by atoms with Crippen LogP contribution in [-0.4, -0.2) is 23.3 Å². The van der Waals surface area contributed by atoms with Gasteiger partial charge in [0.15, 0.2) is 5.60 Å². The van der Waals surface area contributed by atoms with E-state index >= 15 is 0 Å². The molecule has 0 aromatic carbocycles. The molecule has 3 heteroatoms. The first kappa shape index (κ1) is 8.05. The van der Waals surface area contributed by atoms with Gasteiger partial charge in [0.25, 0.3) is 0 Å². The van der Waals surface area contributed by atoms with Gasteiger partial charge in [0, 0.05) is 5.92 Å². The van der Waals surface area contributed by atoms with Gasteiger partial charge in [-0.25, -0.2) is 4.79 Å². The van der Waals surface area contributed by atoms with Crippen LogP contribution in [0, 0.1) is 11.8 Å². The summed E-state index contributed by atoms with van der Waals surface area (Å²) in [5, 5.41) is 9.93. The molecule has 0 aliphatic heterocycles. The molecule has 0 aromatic heterocycles. The molecule has 0 heterocycles. The van der Waals surface area contributed by atoms with E-state index in [1.807, 2.05) is 0 Å². The van der Waals surface area contributed by atoms with Crippen LogP contribution in [0.4, 0.5) is 0 Å². The van der Waals surface area contributed by atoms with Gasteiger partial charge in [-0.3, -0.25) is 0 Å². The zero-order chi connectivity index (χ0) is 8.77. The Morgan fingerprint density at radius 3 is 2.92 bits per heavy atom. The second kappa shape index (κ2) is 2.46. The number of carbonyl (C=O) groups excluding carboxylic acids is 1. The van der Waals surface area contributed by atoms with Crippen molar-refractivity contribution in [3.8, 4) is 0 Å². The van der Waals surface area contributed by atoms with Gasteiger partial charge in [0.1, 0.15) is 0 Å². The molecular weight excluding hydrogens is 156 g/mol. The second-order valence-corrected chi connectivity index (χ2v) is 3.79. The highest BCUT2D eigenvalue weighted by Gasteiger charge is 2.61. The highest BCUT2D eigenvalue weighted by molar-refractivity contribution is 5.81. The number of hydrogen-bond acceptors (Lipinski definition) is 3. The zero-order valence-corrected chi connectivity index (χ0v) is 7.25. The van der Waals surface area contributed by atoms with Gasteiger partial charge in [-0.2, -0.15) is 0 Å². The lowest BCUT2D eigenvalue weighted by Crippen LogP contribution is -2.40. The van der Waals surface area contributed by atoms with Crippen molar-refractivity contribution in [2.24, 2.45) is 11.8 Å². The molecule has 0 amide bonds. The predicted octanol–water partition coefficient (Wildman–Crippen LogP) is 0.710. The minimum Gasteiger partial charge on any atom is -0.464 e. The molecular formula is C9H14O3. The van der Waals surface area contributed by atoms with Crippen LogP contribution >= 0.6 is 0 Å². The van der Waals surface area contributed by atoms with Crippen LogP contribution < -0.4 is 0 Å². The van der Waals surface area contributed by atoms with Crippen molar-refractivity contribution in [1.29, 1.82) is 0 Å². The molecule has 2 rings (SSSR count). The Labute approximate surface area is 71.7 Å². The molecule has 3 atom stereocenters. The lowest BCUT2D eigenvalue weighted by molar-refractivity contribution is -0.166. The molecule has 1 N–H and O–H groups in total. The maximum atomic E-state index is 11.3. The summed E-state index contributed by atoms with van der Waals surface area (Å²) in [6.07, 6.45) is 2.59. The fraction of sp³-hybridized carbons (Fsp3) is 0.889. The Balaban J connectivity index is 2.05. The molecule has 2 fully saturated rings. The second-order valence-electron chi connectivity index (χ2n) is 3.79. The van der Waals surface area contributed by atoms with Crippen LogP contribution in [0.5, 0.6) is 0 Å². The van der Waals surface area contributed by atoms with Crippen LogP contribution in [0.15, 0.2) is 0 Å². The maximum absolute atomic E-state index is 11.3. The Kier molecular flexibility index (Phi) is 1.65. The highest BCUT2D eigenvalue weighted by atomic mass is 16.5. The quantitative estimate of drug-likeness (QED) is 0.621. The van der Waals surface area contributed by atoms with Crippen molar-refractivity contribution in [3.05, 3.63) is 0 Å². The number of ether oxygens (including phenoxy) is 1. The Morgan fingerprint density at radius 1 is 1.75 bits per heavy atom. The first-order chi connectivity index (χ1) is 5.68. The Hall–Kier alpha value is -0.570. The van der Waals surface area contributed by atoms with Gasteiger partial charge in [-0.05, 0) is 32.1 Å². The van der Waals surface area contributed by atoms with Crippen molar-refractivity contribution in [2.45, 2.75) is 31.8 Å². The molecule has 3 nitrogen and oxygen atoms in total. The van der Waals surface area contributed by atoms with Gasteiger partial charge in [-0.15, -0.1) is 0 Å². The molecule has 0 aromatic rings. The van der Waals surface area contributed by atoms with E-state index in [0.29, 0.717) is 18.9 Å². The molecule has 3 unspecified atom stereocenters. The molecule has 2 aliphatic carbocycles. The van der Waals surface area contributed by atoms with E-state index in [-0.39, 0.29) is 5.92 Å². The molecule has 2 saturated carbocycles. The third-order valence-corrected chi connectivity index (χ3v) is 3.06. The summed E-state index contributed by atoms with van der Waals surface area (Å²) in [4.78, 5) is 11.3. The SMILES string of the molecule is CCOC(=O)C1(O)CCC2CC21. The maximum Gasteiger partial charge on any atom is 0.338 e. The molecule has 0 spiro atoms. The standard InChI is InChI=1S/C9H14O3/c1-2-12-8(10)9(11)4-3-6-5-7(6)9/h6-7,11H,2-5H2,1H3. The first-order valence-electron chi connectivity index (χ1n) is 4.58. The van der Waals surface area contributed by atoms with Gasteiger partial charge in [0.05, 0.1) is 6.61 Å². The van der Waals surface area contributed by atoms with Crippen molar-refractivity contribution in [2.75, 3.05) is 6.61 Å². The lowest BCUT2D eigenvalue weighted by Gasteiger charge is -2.21. The Bertz CT molecular complexity index is 214. The monoisotopic (exact) mass is 170 g/mol. The van der Waals surface area contributed by atoms with Crippen molar-refractivity contribution >= 4 is 5.97 Å². The Morgan fingerprint density at radius 2 is 2.50 bits per heavy atom. The van der Waals surface area contributed by atoms with Crippen LogP contribution in [0.1, 0.15) is 26.2 Å². The molecule has 68 valence electrons. The first-order valence-corrected chi connectivity index (χ1v) is 4.58. The smallest absolute Gasteiger partial charge is 0.338 e. The van der Waals surface area contributed by atoms with Crippen molar-refractivity contribution < 1.29 is 14.6 Å². The number of aliphatic hydroxyl groups is 1. The van der Waals surface area contributed by atoms with Gasteiger partial charge in [0.2, 0.25) is 0 Å². The van der Waals surface area contributed by atoms with E-state index in [0.717, 1.165) is 12.8 Å². The van der Waals surface area contributed by atoms with E-state index in [1.165, 1.54) is 0 Å². The average Bonchev–Trinajstić information content (AvgIpc) is 2.75. The van der Waals surface area contributed by atoms with Crippen molar-refractivity contribution in [1.82, 2.24) is 0 Å². The summed E-state index contributed by atoms with van der Waals surface area (Å²) in [5.74, 6) is 0.394. The van der Waals surface area contributed by atoms with E-state index in [2.05, 4.69) is 0 Å². The van der Waals surface area contributed by atoms with Crippen LogP contribution in [-0.2, 0) is 9.53 Å². The number of fused-ring (bicyclic) bond motifs is 1. The van der Waals surface area contributed by atoms with Gasteiger partial charge < -0.3 is 9.84 Å². The van der Waals surface area contributed by atoms with Crippen LogP contribution in [0.2, 0.25) is 0 Å². The van der Waals surface area contributed by atoms with E-state index in [1.54, 1.807) is 6.92 Å². The fourth-order valence-corrected chi connectivity index (χ4v) is 2.25. The normalized spacial score (nSPS) is 43.8. The largest absolute Gasteiger partial charge is 0.464 e. The third kappa shape index (κ3) is 0.959. The molecule has 0 saturated heterocycles. The molecule has 12 heavy (non-hydrogen) atoms. The molecule has 2 aliphatic rings. The minimum atomic E-state index is -1.12. The van der Waals surface area contributed by atoms with Crippen molar-refractivity contribution in [3.63, 3.8) is 0 Å². The minimum absolute atomic E-state index is 0.205. The molecule has 0 bridgehead atoms. The third-order valence-electron chi connectivity index (χ3n) is 3.06. The summed E-state index contributed by atoms with van der Waals surface area (Å²) in [6, 6.07) is 0. The van der Waals surface area contributed by atoms with E-state index < -0.39 is 11.6 Å². The predicted molar refractivity (Wildman–Crippen MR) is 42.4 cm³/mol. The molecule has 0 radical (unpaired) electrons. The van der Waals surface area contributed by atoms with Gasteiger partial charge >= 0.3 is 5.97 Å². The summed E-state index contributed by atoms with van der Waals surface area (Å²) in [7, 11) is 0. The van der Waals surface area contributed by atoms with Crippen LogP contribution in [0.3, 0.4) is 0 Å². The van der Waals surface area contributed by atoms with E-state index in [9.17, 15) is 9.90 Å². The number of esters is 1. The number of rotatable bonds is 2. The summed E-state index contributed by atoms with van der Waals surface area (Å²) < 4.78 is 4.84. The lowest BCUT2D eigenvalue weighted by atomic mass is 9.98. The number of hydrogen-bond donors (Lipinski definition) is 1. The average molecular weight is 170 g/mol. The summed E-state index contributed by atoms with van der Waals surface area (Å²) >= 11 is 0. The number of carbonyl (C=O) groups is 1. The van der Waals surface area contributed by atoms with Crippen LogP contribution in [0.25, 0.3) is 0 Å². The van der Waals surface area contributed by atoms with E-state index in [4.69, 9.17) is 4.74 Å². The fourth-order valence-electron chi connectivity index (χ4n) is 2.25. The highest BCUT2D eigenvalue weighted by Crippen LogP contribution is 2.57.